The lowest BCUT2D eigenvalue weighted by molar-refractivity contribution is -0.137. The lowest BCUT2D eigenvalue weighted by Gasteiger charge is -2.11. The standard InChI is InChI=1S/C12H12N2O4S/c1-14(6-10(15)16)12(17)11-13-8-5-7(18-2)3-4-9(8)19-11/h3-5H,6H2,1-2H3,(H,15,16). The van der Waals surface area contributed by atoms with Crippen molar-refractivity contribution >= 4 is 33.4 Å². The first-order chi connectivity index (χ1) is 9.01. The summed E-state index contributed by atoms with van der Waals surface area (Å²) in [6.07, 6.45) is 0. The fourth-order valence-corrected chi connectivity index (χ4v) is 2.50. The molecule has 19 heavy (non-hydrogen) atoms. The van der Waals surface area contributed by atoms with Crippen LogP contribution in [-0.2, 0) is 4.79 Å². The van der Waals surface area contributed by atoms with E-state index in [4.69, 9.17) is 9.84 Å². The SMILES string of the molecule is COc1ccc2sc(C(=O)N(C)CC(=O)O)nc2c1. The van der Waals surface area contributed by atoms with E-state index in [0.717, 1.165) is 9.60 Å². The number of likely N-dealkylation sites (N-methyl/N-ethyl adjacent to an activating group) is 1. The zero-order valence-corrected chi connectivity index (χ0v) is 11.2. The summed E-state index contributed by atoms with van der Waals surface area (Å²) in [5.74, 6) is -0.795. The molecule has 100 valence electrons. The van der Waals surface area contributed by atoms with E-state index >= 15 is 0 Å². The van der Waals surface area contributed by atoms with Crippen LogP contribution in [0.5, 0.6) is 5.75 Å². The van der Waals surface area contributed by atoms with Crippen LogP contribution in [0.25, 0.3) is 10.2 Å². The average molecular weight is 280 g/mol. The number of amides is 1. The number of aliphatic carboxylic acids is 1. The van der Waals surface area contributed by atoms with Crippen molar-refractivity contribution in [2.45, 2.75) is 0 Å². The zero-order chi connectivity index (χ0) is 14.0. The van der Waals surface area contributed by atoms with Gasteiger partial charge in [0.1, 0.15) is 12.3 Å². The van der Waals surface area contributed by atoms with Crippen LogP contribution < -0.4 is 4.74 Å². The minimum Gasteiger partial charge on any atom is -0.497 e. The Labute approximate surface area is 113 Å². The molecule has 0 atom stereocenters. The second-order valence-corrected chi connectivity index (χ2v) is 4.94. The summed E-state index contributed by atoms with van der Waals surface area (Å²) in [6, 6.07) is 5.34. The van der Waals surface area contributed by atoms with Gasteiger partial charge in [-0.15, -0.1) is 11.3 Å². The fourth-order valence-electron chi connectivity index (χ4n) is 1.56. The molecule has 1 heterocycles. The molecule has 0 aliphatic rings. The third kappa shape index (κ3) is 2.82. The van der Waals surface area contributed by atoms with Crippen LogP contribution >= 0.6 is 11.3 Å². The van der Waals surface area contributed by atoms with E-state index in [1.165, 1.54) is 18.4 Å². The summed E-state index contributed by atoms with van der Waals surface area (Å²) < 4.78 is 5.94. The van der Waals surface area contributed by atoms with Crippen LogP contribution in [0.3, 0.4) is 0 Å². The highest BCUT2D eigenvalue weighted by Gasteiger charge is 2.18. The van der Waals surface area contributed by atoms with Gasteiger partial charge in [-0.05, 0) is 12.1 Å². The maximum atomic E-state index is 12.0. The van der Waals surface area contributed by atoms with Gasteiger partial charge in [0, 0.05) is 13.1 Å². The van der Waals surface area contributed by atoms with Crippen molar-refractivity contribution in [1.82, 2.24) is 9.88 Å². The normalized spacial score (nSPS) is 10.4. The number of carboxylic acid groups (broad SMARTS) is 1. The second-order valence-electron chi connectivity index (χ2n) is 3.91. The lowest BCUT2D eigenvalue weighted by atomic mass is 10.3. The third-order valence-electron chi connectivity index (χ3n) is 2.50. The molecule has 6 nitrogen and oxygen atoms in total. The topological polar surface area (TPSA) is 79.7 Å². The molecule has 0 aliphatic carbocycles. The van der Waals surface area contributed by atoms with Gasteiger partial charge in [-0.3, -0.25) is 9.59 Å². The monoisotopic (exact) mass is 280 g/mol. The molecule has 7 heteroatoms. The quantitative estimate of drug-likeness (QED) is 0.917. The highest BCUT2D eigenvalue weighted by molar-refractivity contribution is 7.20. The molecule has 2 rings (SSSR count). The molecule has 0 unspecified atom stereocenters. The summed E-state index contributed by atoms with van der Waals surface area (Å²) in [7, 11) is 2.99. The molecule has 1 N–H and O–H groups in total. The maximum Gasteiger partial charge on any atom is 0.323 e. The highest BCUT2D eigenvalue weighted by Crippen LogP contribution is 2.26. The van der Waals surface area contributed by atoms with Crippen LogP contribution in [0.4, 0.5) is 0 Å². The van der Waals surface area contributed by atoms with Crippen molar-refractivity contribution in [2.75, 3.05) is 20.7 Å². The molecule has 1 aromatic heterocycles. The van der Waals surface area contributed by atoms with Crippen molar-refractivity contribution in [1.29, 1.82) is 0 Å². The van der Waals surface area contributed by atoms with E-state index < -0.39 is 11.9 Å². The minimum absolute atomic E-state index is 0.270. The van der Waals surface area contributed by atoms with Crippen LogP contribution in [-0.4, -0.2) is 47.6 Å². The molecule has 0 radical (unpaired) electrons. The summed E-state index contributed by atoms with van der Waals surface area (Å²) in [5, 5.41) is 8.93. The molecular weight excluding hydrogens is 268 g/mol. The van der Waals surface area contributed by atoms with Crippen molar-refractivity contribution in [3.05, 3.63) is 23.2 Å². The van der Waals surface area contributed by atoms with E-state index in [0.29, 0.717) is 11.3 Å². The van der Waals surface area contributed by atoms with Gasteiger partial charge in [0.05, 0.1) is 17.3 Å². The first kappa shape index (κ1) is 13.3. The van der Waals surface area contributed by atoms with Crippen molar-refractivity contribution < 1.29 is 19.4 Å². The number of hydrogen-bond acceptors (Lipinski definition) is 5. The van der Waals surface area contributed by atoms with E-state index in [1.54, 1.807) is 19.2 Å². The number of nitrogens with zero attached hydrogens (tertiary/aromatic N) is 2. The maximum absolute atomic E-state index is 12.0. The van der Waals surface area contributed by atoms with Crippen molar-refractivity contribution in [2.24, 2.45) is 0 Å². The van der Waals surface area contributed by atoms with Gasteiger partial charge in [-0.2, -0.15) is 0 Å². The van der Waals surface area contributed by atoms with Crippen molar-refractivity contribution in [3.63, 3.8) is 0 Å². The number of benzene rings is 1. The smallest absolute Gasteiger partial charge is 0.323 e. The zero-order valence-electron chi connectivity index (χ0n) is 10.4. The van der Waals surface area contributed by atoms with Gasteiger partial charge in [-0.25, -0.2) is 4.98 Å². The van der Waals surface area contributed by atoms with Gasteiger partial charge >= 0.3 is 5.97 Å². The largest absolute Gasteiger partial charge is 0.497 e. The Morgan fingerprint density at radius 3 is 2.84 bits per heavy atom. The molecule has 0 saturated heterocycles. The first-order valence-corrected chi connectivity index (χ1v) is 6.24. The average Bonchev–Trinajstić information content (AvgIpc) is 2.79. The van der Waals surface area contributed by atoms with Gasteiger partial charge in [0.15, 0.2) is 5.01 Å². The Balaban J connectivity index is 2.30. The number of methoxy groups -OCH3 is 1. The molecule has 0 spiro atoms. The molecule has 0 bridgehead atoms. The van der Waals surface area contributed by atoms with Crippen LogP contribution in [0, 0.1) is 0 Å². The minimum atomic E-state index is -1.06. The van der Waals surface area contributed by atoms with Crippen LogP contribution in [0.2, 0.25) is 0 Å². The Hall–Kier alpha value is -2.15. The number of carbonyl (C=O) groups is 2. The molecular formula is C12H12N2O4S. The van der Waals surface area contributed by atoms with Gasteiger partial charge in [0.2, 0.25) is 0 Å². The van der Waals surface area contributed by atoms with E-state index in [1.807, 2.05) is 6.07 Å². The predicted octanol–water partition coefficient (Wildman–Crippen LogP) is 1.46. The molecule has 1 amide bonds. The molecule has 0 aliphatic heterocycles. The van der Waals surface area contributed by atoms with Gasteiger partial charge in [0.25, 0.3) is 5.91 Å². The molecule has 1 aromatic carbocycles. The number of rotatable bonds is 4. The van der Waals surface area contributed by atoms with E-state index in [9.17, 15) is 9.59 Å². The van der Waals surface area contributed by atoms with Crippen LogP contribution in [0.1, 0.15) is 9.80 Å². The number of thiazole rings is 1. The number of fused-ring (bicyclic) bond motifs is 1. The van der Waals surface area contributed by atoms with E-state index in [2.05, 4.69) is 4.98 Å². The summed E-state index contributed by atoms with van der Waals surface area (Å²) in [6.45, 7) is -0.349. The number of hydrogen-bond donors (Lipinski definition) is 1. The number of carbonyl (C=O) groups excluding carboxylic acids is 1. The van der Waals surface area contributed by atoms with Crippen molar-refractivity contribution in [3.8, 4) is 5.75 Å². The molecule has 0 saturated carbocycles. The summed E-state index contributed by atoms with van der Waals surface area (Å²) >= 11 is 1.23. The van der Waals surface area contributed by atoms with E-state index in [-0.39, 0.29) is 11.6 Å². The third-order valence-corrected chi connectivity index (χ3v) is 3.52. The number of aromatic nitrogens is 1. The Morgan fingerprint density at radius 1 is 1.47 bits per heavy atom. The summed E-state index contributed by atoms with van der Waals surface area (Å²) in [4.78, 5) is 27.9. The van der Waals surface area contributed by atoms with Gasteiger partial charge < -0.3 is 14.7 Å². The lowest BCUT2D eigenvalue weighted by Crippen LogP contribution is -2.31. The Bertz CT molecular complexity index is 638. The number of ether oxygens (including phenoxy) is 1. The molecule has 0 fully saturated rings. The highest BCUT2D eigenvalue weighted by atomic mass is 32.1. The Kier molecular flexibility index (Phi) is 3.66. The summed E-state index contributed by atoms with van der Waals surface area (Å²) in [5.41, 5.74) is 0.663. The molecule has 2 aromatic rings. The fraction of sp³-hybridized carbons (Fsp3) is 0.250. The first-order valence-electron chi connectivity index (χ1n) is 5.43. The van der Waals surface area contributed by atoms with Crippen LogP contribution in [0.15, 0.2) is 18.2 Å². The predicted molar refractivity (Wildman–Crippen MR) is 70.8 cm³/mol. The van der Waals surface area contributed by atoms with Gasteiger partial charge in [-0.1, -0.05) is 0 Å². The Morgan fingerprint density at radius 2 is 2.21 bits per heavy atom. The number of carboxylic acids is 1. The second kappa shape index (κ2) is 5.23.